The van der Waals surface area contributed by atoms with Crippen LogP contribution in [0.1, 0.15) is 12.0 Å². The van der Waals surface area contributed by atoms with Crippen LogP contribution in [0.4, 0.5) is 0 Å². The summed E-state index contributed by atoms with van der Waals surface area (Å²) in [4.78, 5) is 10.4. The molecule has 4 nitrogen and oxygen atoms in total. The Morgan fingerprint density at radius 1 is 1.38 bits per heavy atom. The zero-order chi connectivity index (χ0) is 12.0. The molecular weight excluding hydrogens is 206 g/mol. The topological polar surface area (TPSA) is 83.5 Å². The van der Waals surface area contributed by atoms with E-state index in [0.717, 1.165) is 5.56 Å². The highest BCUT2D eigenvalue weighted by Crippen LogP contribution is 1.98. The maximum atomic E-state index is 10.4. The Hall–Kier alpha value is -1.83. The number of rotatable bonds is 3. The third kappa shape index (κ3) is 4.13. The van der Waals surface area contributed by atoms with Gasteiger partial charge in [-0.25, -0.2) is 0 Å². The average molecular weight is 219 g/mol. The summed E-state index contributed by atoms with van der Waals surface area (Å²) in [6, 6.07) is 8.05. The molecule has 1 aromatic carbocycles. The van der Waals surface area contributed by atoms with Gasteiger partial charge in [0.05, 0.1) is 0 Å². The van der Waals surface area contributed by atoms with E-state index in [1.165, 1.54) is 0 Å². The molecular formula is C12H13NO3. The molecule has 0 saturated carbocycles. The summed E-state index contributed by atoms with van der Waals surface area (Å²) in [5.74, 6) is 4.15. The molecule has 0 aliphatic heterocycles. The lowest BCUT2D eigenvalue weighted by molar-refractivity contribution is -0.139. The van der Waals surface area contributed by atoms with Crippen molar-refractivity contribution in [1.29, 1.82) is 0 Å². The third-order valence-corrected chi connectivity index (χ3v) is 1.95. The number of carbonyl (C=O) groups is 1. The van der Waals surface area contributed by atoms with Crippen molar-refractivity contribution >= 4 is 5.97 Å². The van der Waals surface area contributed by atoms with E-state index < -0.39 is 18.1 Å². The number of carboxylic acids is 1. The minimum atomic E-state index is -1.14. The van der Waals surface area contributed by atoms with Crippen LogP contribution in [-0.4, -0.2) is 28.3 Å². The van der Waals surface area contributed by atoms with E-state index in [-0.39, 0.29) is 6.42 Å². The zero-order valence-electron chi connectivity index (χ0n) is 8.63. The van der Waals surface area contributed by atoms with Gasteiger partial charge in [-0.3, -0.25) is 4.79 Å². The van der Waals surface area contributed by atoms with Crippen molar-refractivity contribution < 1.29 is 15.0 Å². The Labute approximate surface area is 93.7 Å². The second kappa shape index (κ2) is 5.91. The van der Waals surface area contributed by atoms with Gasteiger partial charge in [0.15, 0.2) is 0 Å². The van der Waals surface area contributed by atoms with Gasteiger partial charge in [0.1, 0.15) is 12.1 Å². The fraction of sp³-hybridized carbons (Fsp3) is 0.250. The molecule has 0 radical (unpaired) electrons. The lowest BCUT2D eigenvalue weighted by Gasteiger charge is -2.06. The monoisotopic (exact) mass is 219 g/mol. The molecule has 0 amide bonds. The van der Waals surface area contributed by atoms with Gasteiger partial charge in [0.25, 0.3) is 0 Å². The molecule has 0 spiro atoms. The predicted molar refractivity (Wildman–Crippen MR) is 59.6 cm³/mol. The normalized spacial score (nSPS) is 13.4. The molecule has 0 fully saturated rings. The SMILES string of the molecule is N[C@@H](C[C@@H](O)C#Cc1ccccc1)C(=O)O. The van der Waals surface area contributed by atoms with Gasteiger partial charge in [0.2, 0.25) is 0 Å². The minimum Gasteiger partial charge on any atom is -0.480 e. The first-order valence-electron chi connectivity index (χ1n) is 4.82. The fourth-order valence-corrected chi connectivity index (χ4v) is 1.09. The third-order valence-electron chi connectivity index (χ3n) is 1.95. The number of carboxylic acid groups (broad SMARTS) is 1. The highest BCUT2D eigenvalue weighted by molar-refractivity contribution is 5.73. The van der Waals surface area contributed by atoms with Crippen molar-refractivity contribution in [3.63, 3.8) is 0 Å². The molecule has 84 valence electrons. The highest BCUT2D eigenvalue weighted by Gasteiger charge is 2.14. The van der Waals surface area contributed by atoms with Crippen molar-refractivity contribution in [3.8, 4) is 11.8 Å². The first-order valence-corrected chi connectivity index (χ1v) is 4.82. The van der Waals surface area contributed by atoms with Gasteiger partial charge >= 0.3 is 5.97 Å². The number of hydrogen-bond donors (Lipinski definition) is 3. The summed E-state index contributed by atoms with van der Waals surface area (Å²) in [5, 5.41) is 17.9. The quantitative estimate of drug-likeness (QED) is 0.634. The van der Waals surface area contributed by atoms with Gasteiger partial charge in [-0.05, 0) is 12.1 Å². The Morgan fingerprint density at radius 2 is 2.00 bits per heavy atom. The maximum Gasteiger partial charge on any atom is 0.320 e. The Balaban J connectivity index is 2.55. The van der Waals surface area contributed by atoms with E-state index in [0.29, 0.717) is 0 Å². The summed E-state index contributed by atoms with van der Waals surface area (Å²) < 4.78 is 0. The van der Waals surface area contributed by atoms with E-state index in [1.54, 1.807) is 12.1 Å². The molecule has 1 rings (SSSR count). The van der Waals surface area contributed by atoms with Crippen molar-refractivity contribution in [3.05, 3.63) is 35.9 Å². The number of benzene rings is 1. The number of nitrogens with two attached hydrogens (primary N) is 1. The van der Waals surface area contributed by atoms with Gasteiger partial charge < -0.3 is 15.9 Å². The van der Waals surface area contributed by atoms with E-state index in [2.05, 4.69) is 11.8 Å². The van der Waals surface area contributed by atoms with E-state index in [4.69, 9.17) is 10.8 Å². The molecule has 0 unspecified atom stereocenters. The average Bonchev–Trinajstić information content (AvgIpc) is 2.27. The molecule has 0 heterocycles. The Bertz CT molecular complexity index is 405. The molecule has 0 aliphatic carbocycles. The van der Waals surface area contributed by atoms with Crippen LogP contribution in [0.3, 0.4) is 0 Å². The molecule has 1 aromatic rings. The standard InChI is InChI=1S/C12H13NO3/c13-11(12(15)16)8-10(14)7-6-9-4-2-1-3-5-9/h1-5,10-11,14H,8,13H2,(H,15,16)/t10-,11-/m0/s1. The second-order valence-electron chi connectivity index (χ2n) is 3.33. The number of hydrogen-bond acceptors (Lipinski definition) is 3. The molecule has 0 bridgehead atoms. The van der Waals surface area contributed by atoms with Gasteiger partial charge in [0, 0.05) is 12.0 Å². The number of aliphatic carboxylic acids is 1. The Morgan fingerprint density at radius 3 is 2.56 bits per heavy atom. The summed E-state index contributed by atoms with van der Waals surface area (Å²) >= 11 is 0. The molecule has 0 saturated heterocycles. The number of aliphatic hydroxyl groups excluding tert-OH is 1. The van der Waals surface area contributed by atoms with E-state index in [1.807, 2.05) is 18.2 Å². The Kier molecular flexibility index (Phi) is 4.52. The summed E-state index contributed by atoms with van der Waals surface area (Å²) in [7, 11) is 0. The number of aliphatic hydroxyl groups is 1. The van der Waals surface area contributed by atoms with Crippen molar-refractivity contribution in [2.75, 3.05) is 0 Å². The minimum absolute atomic E-state index is 0.0742. The van der Waals surface area contributed by atoms with Crippen LogP contribution in [0.15, 0.2) is 30.3 Å². The predicted octanol–water partition coefficient (Wildman–Crippen LogP) is 0.201. The molecule has 16 heavy (non-hydrogen) atoms. The molecule has 2 atom stereocenters. The molecule has 0 aliphatic rings. The van der Waals surface area contributed by atoms with Crippen molar-refractivity contribution in [1.82, 2.24) is 0 Å². The fourth-order valence-electron chi connectivity index (χ4n) is 1.09. The molecule has 0 aromatic heterocycles. The van der Waals surface area contributed by atoms with Crippen LogP contribution in [0.2, 0.25) is 0 Å². The first-order chi connectivity index (χ1) is 7.59. The van der Waals surface area contributed by atoms with E-state index in [9.17, 15) is 9.90 Å². The van der Waals surface area contributed by atoms with Crippen molar-refractivity contribution in [2.45, 2.75) is 18.6 Å². The lowest BCUT2D eigenvalue weighted by atomic mass is 10.1. The molecule has 4 N–H and O–H groups in total. The van der Waals surface area contributed by atoms with Gasteiger partial charge in [-0.15, -0.1) is 0 Å². The highest BCUT2D eigenvalue weighted by atomic mass is 16.4. The van der Waals surface area contributed by atoms with Crippen LogP contribution in [0, 0.1) is 11.8 Å². The second-order valence-corrected chi connectivity index (χ2v) is 3.33. The van der Waals surface area contributed by atoms with E-state index >= 15 is 0 Å². The summed E-state index contributed by atoms with van der Waals surface area (Å²) in [6.07, 6.45) is -1.10. The summed E-state index contributed by atoms with van der Waals surface area (Å²) in [5.41, 5.74) is 6.03. The van der Waals surface area contributed by atoms with Crippen molar-refractivity contribution in [2.24, 2.45) is 5.73 Å². The largest absolute Gasteiger partial charge is 0.480 e. The van der Waals surface area contributed by atoms with Gasteiger partial charge in [-0.1, -0.05) is 30.0 Å². The molecule has 4 heteroatoms. The van der Waals surface area contributed by atoms with Crippen LogP contribution in [0.5, 0.6) is 0 Å². The summed E-state index contributed by atoms with van der Waals surface area (Å²) in [6.45, 7) is 0. The van der Waals surface area contributed by atoms with Crippen LogP contribution in [-0.2, 0) is 4.79 Å². The smallest absolute Gasteiger partial charge is 0.320 e. The zero-order valence-corrected chi connectivity index (χ0v) is 8.63. The van der Waals surface area contributed by atoms with Crippen LogP contribution >= 0.6 is 0 Å². The maximum absolute atomic E-state index is 10.4. The lowest BCUT2D eigenvalue weighted by Crippen LogP contribution is -2.33. The van der Waals surface area contributed by atoms with Crippen LogP contribution in [0.25, 0.3) is 0 Å². The van der Waals surface area contributed by atoms with Crippen LogP contribution < -0.4 is 5.73 Å². The van der Waals surface area contributed by atoms with Gasteiger partial charge in [-0.2, -0.15) is 0 Å². The first kappa shape index (κ1) is 12.2.